The molecule has 0 saturated carbocycles. The Morgan fingerprint density at radius 3 is 2.52 bits per heavy atom. The van der Waals surface area contributed by atoms with E-state index in [1.807, 2.05) is 0 Å². The van der Waals surface area contributed by atoms with E-state index in [2.05, 4.69) is 4.98 Å². The van der Waals surface area contributed by atoms with E-state index < -0.39 is 49.1 Å². The molecule has 0 aliphatic rings. The summed E-state index contributed by atoms with van der Waals surface area (Å²) in [6.45, 7) is 0. The number of carbonyl (C=O) groups is 1. The Labute approximate surface area is 143 Å². The fraction of sp³-hybridized carbons (Fsp3) is 0. The maximum absolute atomic E-state index is 13.6. The Balaban J connectivity index is 2.03. The quantitative estimate of drug-likeness (QED) is 0.698. The van der Waals surface area contributed by atoms with Gasteiger partial charge in [0.05, 0.1) is 5.56 Å². The van der Waals surface area contributed by atoms with Crippen LogP contribution in [0.25, 0.3) is 5.65 Å². The van der Waals surface area contributed by atoms with Crippen LogP contribution in [-0.2, 0) is 10.0 Å². The molecule has 0 bridgehead atoms. The van der Waals surface area contributed by atoms with Crippen LogP contribution < -0.4 is 4.72 Å². The molecule has 1 aromatic carbocycles. The van der Waals surface area contributed by atoms with E-state index in [4.69, 9.17) is 11.6 Å². The first-order valence-corrected chi connectivity index (χ1v) is 8.41. The average Bonchev–Trinajstić information content (AvgIpc) is 2.86. The number of pyridine rings is 1. The lowest BCUT2D eigenvalue weighted by Gasteiger charge is -2.08. The number of nitrogens with one attached hydrogen (secondary N) is 1. The summed E-state index contributed by atoms with van der Waals surface area (Å²) in [5.74, 6) is -5.92. The van der Waals surface area contributed by atoms with Gasteiger partial charge in [0.2, 0.25) is 0 Å². The van der Waals surface area contributed by atoms with E-state index in [9.17, 15) is 26.4 Å². The second kappa shape index (κ2) is 6.05. The highest BCUT2D eigenvalue weighted by atomic mass is 35.5. The number of fused-ring (bicyclic) bond motifs is 1. The molecule has 1 N–H and O–H groups in total. The molecule has 2 aromatic heterocycles. The van der Waals surface area contributed by atoms with Gasteiger partial charge in [-0.3, -0.25) is 9.20 Å². The van der Waals surface area contributed by atoms with E-state index in [1.54, 1.807) is 10.8 Å². The van der Waals surface area contributed by atoms with Crippen LogP contribution in [0.3, 0.4) is 0 Å². The van der Waals surface area contributed by atoms with E-state index >= 15 is 0 Å². The molecule has 11 heteroatoms. The third-order valence-corrected chi connectivity index (χ3v) is 4.91. The number of halogens is 4. The van der Waals surface area contributed by atoms with E-state index in [0.29, 0.717) is 0 Å². The standard InChI is InChI=1S/C14H7ClF3N3O3S/c15-12-14(21-4-2-1-3-11(21)19-12)25(23,24)20-13(22)7-5-9(17)10(18)6-8(7)16/h1-6H,(H,20,22). The summed E-state index contributed by atoms with van der Waals surface area (Å²) < 4.78 is 67.2. The highest BCUT2D eigenvalue weighted by Crippen LogP contribution is 2.23. The van der Waals surface area contributed by atoms with Gasteiger partial charge in [-0.25, -0.2) is 22.9 Å². The topological polar surface area (TPSA) is 80.5 Å². The van der Waals surface area contributed by atoms with Crippen molar-refractivity contribution in [2.75, 3.05) is 0 Å². The highest BCUT2D eigenvalue weighted by molar-refractivity contribution is 7.90. The summed E-state index contributed by atoms with van der Waals surface area (Å²) in [7, 11) is -4.58. The fourth-order valence-electron chi connectivity index (χ4n) is 2.11. The molecule has 0 radical (unpaired) electrons. The van der Waals surface area contributed by atoms with Gasteiger partial charge in [0, 0.05) is 12.3 Å². The van der Waals surface area contributed by atoms with Gasteiger partial charge in [-0.1, -0.05) is 17.7 Å². The van der Waals surface area contributed by atoms with Gasteiger partial charge >= 0.3 is 0 Å². The molecule has 0 saturated heterocycles. The first kappa shape index (κ1) is 17.2. The molecule has 0 atom stereocenters. The zero-order valence-electron chi connectivity index (χ0n) is 12.0. The summed E-state index contributed by atoms with van der Waals surface area (Å²) in [5.41, 5.74) is -0.785. The normalized spacial score (nSPS) is 11.7. The van der Waals surface area contributed by atoms with Crippen LogP contribution in [0.4, 0.5) is 13.2 Å². The van der Waals surface area contributed by atoms with Crippen LogP contribution in [0.1, 0.15) is 10.4 Å². The van der Waals surface area contributed by atoms with Crippen molar-refractivity contribution in [3.8, 4) is 0 Å². The number of benzene rings is 1. The lowest BCUT2D eigenvalue weighted by molar-refractivity contribution is 0.0976. The number of hydrogen-bond acceptors (Lipinski definition) is 4. The van der Waals surface area contributed by atoms with Crippen molar-refractivity contribution in [3.63, 3.8) is 0 Å². The van der Waals surface area contributed by atoms with Crippen molar-refractivity contribution in [2.45, 2.75) is 5.03 Å². The zero-order chi connectivity index (χ0) is 18.4. The number of sulfonamides is 1. The molecule has 3 rings (SSSR count). The maximum atomic E-state index is 13.6. The monoisotopic (exact) mass is 389 g/mol. The number of aromatic nitrogens is 2. The average molecular weight is 390 g/mol. The summed E-state index contributed by atoms with van der Waals surface area (Å²) in [5, 5.41) is -0.974. The van der Waals surface area contributed by atoms with Gasteiger partial charge in [0.25, 0.3) is 15.9 Å². The highest BCUT2D eigenvalue weighted by Gasteiger charge is 2.28. The SMILES string of the molecule is O=C(NS(=O)(=O)c1c(Cl)nc2ccccn12)c1cc(F)c(F)cc1F. The molecule has 25 heavy (non-hydrogen) atoms. The third kappa shape index (κ3) is 3.05. The minimum atomic E-state index is -4.58. The Kier molecular flexibility index (Phi) is 4.17. The molecule has 0 unspecified atom stereocenters. The Bertz CT molecular complexity index is 1120. The van der Waals surface area contributed by atoms with Gasteiger partial charge < -0.3 is 0 Å². The van der Waals surface area contributed by atoms with Crippen molar-refractivity contribution < 1.29 is 26.4 Å². The van der Waals surface area contributed by atoms with Gasteiger partial charge in [0.15, 0.2) is 21.8 Å². The number of nitrogens with zero attached hydrogens (tertiary/aromatic N) is 2. The Morgan fingerprint density at radius 2 is 1.80 bits per heavy atom. The number of hydrogen-bond donors (Lipinski definition) is 1. The molecule has 0 spiro atoms. The van der Waals surface area contributed by atoms with Crippen LogP contribution in [0.15, 0.2) is 41.6 Å². The number of rotatable bonds is 3. The lowest BCUT2D eigenvalue weighted by atomic mass is 10.2. The van der Waals surface area contributed by atoms with E-state index in [0.717, 1.165) is 4.40 Å². The zero-order valence-corrected chi connectivity index (χ0v) is 13.6. The maximum Gasteiger partial charge on any atom is 0.283 e. The molecular formula is C14H7ClF3N3O3S. The summed E-state index contributed by atoms with van der Waals surface area (Å²) in [4.78, 5) is 15.8. The summed E-state index contributed by atoms with van der Waals surface area (Å²) >= 11 is 5.81. The molecule has 130 valence electrons. The Hall–Kier alpha value is -2.59. The van der Waals surface area contributed by atoms with Crippen LogP contribution >= 0.6 is 11.6 Å². The summed E-state index contributed by atoms with van der Waals surface area (Å²) in [6.07, 6.45) is 1.34. The molecular weight excluding hydrogens is 383 g/mol. The third-order valence-electron chi connectivity index (χ3n) is 3.18. The van der Waals surface area contributed by atoms with Gasteiger partial charge in [-0.15, -0.1) is 0 Å². The van der Waals surface area contributed by atoms with Crippen LogP contribution in [-0.4, -0.2) is 23.7 Å². The first-order valence-electron chi connectivity index (χ1n) is 6.55. The van der Waals surface area contributed by atoms with Gasteiger partial charge in [0.1, 0.15) is 11.5 Å². The van der Waals surface area contributed by atoms with Crippen LogP contribution in [0, 0.1) is 17.5 Å². The van der Waals surface area contributed by atoms with Crippen LogP contribution in [0.2, 0.25) is 5.15 Å². The second-order valence-electron chi connectivity index (χ2n) is 4.82. The summed E-state index contributed by atoms with van der Waals surface area (Å²) in [6, 6.07) is 4.95. The van der Waals surface area contributed by atoms with Crippen molar-refractivity contribution in [3.05, 3.63) is 64.7 Å². The number of imidazole rings is 1. The van der Waals surface area contributed by atoms with Crippen molar-refractivity contribution in [1.82, 2.24) is 14.1 Å². The lowest BCUT2D eigenvalue weighted by Crippen LogP contribution is -2.32. The first-order chi connectivity index (χ1) is 11.7. The molecule has 6 nitrogen and oxygen atoms in total. The van der Waals surface area contributed by atoms with Gasteiger partial charge in [-0.2, -0.15) is 8.42 Å². The number of amides is 1. The molecule has 0 aliphatic carbocycles. The van der Waals surface area contributed by atoms with Crippen LogP contribution in [0.5, 0.6) is 0 Å². The molecule has 3 aromatic rings. The van der Waals surface area contributed by atoms with Crippen molar-refractivity contribution in [2.24, 2.45) is 0 Å². The molecule has 1 amide bonds. The fourth-order valence-corrected chi connectivity index (χ4v) is 3.72. The molecule has 2 heterocycles. The van der Waals surface area contributed by atoms with Gasteiger partial charge in [-0.05, 0) is 18.2 Å². The molecule has 0 fully saturated rings. The van der Waals surface area contributed by atoms with E-state index in [1.165, 1.54) is 18.3 Å². The smallest absolute Gasteiger partial charge is 0.283 e. The van der Waals surface area contributed by atoms with Crippen molar-refractivity contribution in [1.29, 1.82) is 0 Å². The van der Waals surface area contributed by atoms with E-state index in [-0.39, 0.29) is 17.8 Å². The number of carbonyl (C=O) groups excluding carboxylic acids is 1. The predicted octanol–water partition coefficient (Wildman–Crippen LogP) is 2.52. The minimum absolute atomic E-state index is 0.137. The molecule has 0 aliphatic heterocycles. The largest absolute Gasteiger partial charge is 0.288 e. The minimum Gasteiger partial charge on any atom is -0.288 e. The second-order valence-corrected chi connectivity index (χ2v) is 6.77. The van der Waals surface area contributed by atoms with Crippen molar-refractivity contribution >= 4 is 33.2 Å². The predicted molar refractivity (Wildman–Crippen MR) is 81.2 cm³/mol. The Morgan fingerprint density at radius 1 is 1.12 bits per heavy atom.